The van der Waals surface area contributed by atoms with Crippen molar-refractivity contribution in [1.82, 2.24) is 0 Å². The van der Waals surface area contributed by atoms with Crippen LogP contribution >= 0.6 is 27.5 Å². The van der Waals surface area contributed by atoms with Crippen LogP contribution in [0.3, 0.4) is 0 Å². The molecule has 0 aliphatic rings. The van der Waals surface area contributed by atoms with Gasteiger partial charge in [-0.3, -0.25) is 4.79 Å². The predicted molar refractivity (Wildman–Crippen MR) is 88.9 cm³/mol. The van der Waals surface area contributed by atoms with Gasteiger partial charge >= 0.3 is 0 Å². The number of anilines is 2. The number of benzene rings is 2. The summed E-state index contributed by atoms with van der Waals surface area (Å²) in [4.78, 5) is 11.9. The Hall–Kier alpha value is -1.72. The lowest BCUT2D eigenvalue weighted by Crippen LogP contribution is -2.21. The van der Waals surface area contributed by atoms with Crippen molar-refractivity contribution in [3.63, 3.8) is 0 Å². The molecule has 0 aromatic heterocycles. The summed E-state index contributed by atoms with van der Waals surface area (Å²) in [5.74, 6) is 0.143. The number of nitrogens with one attached hydrogen (secondary N) is 1. The number of carbonyl (C=O) groups excluding carboxylic acids is 1. The predicted octanol–water partition coefficient (Wildman–Crippen LogP) is 4.01. The third-order valence-corrected chi connectivity index (χ3v) is 3.61. The van der Waals surface area contributed by atoms with Crippen LogP contribution in [0.25, 0.3) is 0 Å². The van der Waals surface area contributed by atoms with E-state index < -0.39 is 0 Å². The van der Waals surface area contributed by atoms with E-state index in [-0.39, 0.29) is 12.5 Å². The molecule has 6 heteroatoms. The smallest absolute Gasteiger partial charge is 0.262 e. The normalized spacial score (nSPS) is 10.2. The SMILES string of the molecule is Cc1ccccc1NC(=O)COc1c(N)cc(Cl)cc1Br. The first-order valence-electron chi connectivity index (χ1n) is 6.20. The Morgan fingerprint density at radius 3 is 2.76 bits per heavy atom. The van der Waals surface area contributed by atoms with Crippen molar-refractivity contribution >= 4 is 44.8 Å². The second-order valence-electron chi connectivity index (χ2n) is 4.46. The zero-order valence-electron chi connectivity index (χ0n) is 11.3. The van der Waals surface area contributed by atoms with Gasteiger partial charge in [-0.25, -0.2) is 0 Å². The van der Waals surface area contributed by atoms with Gasteiger partial charge in [0.05, 0.1) is 10.2 Å². The first kappa shape index (κ1) is 15.7. The lowest BCUT2D eigenvalue weighted by molar-refractivity contribution is -0.118. The number of para-hydroxylation sites is 1. The molecule has 0 radical (unpaired) electrons. The van der Waals surface area contributed by atoms with Gasteiger partial charge in [0.1, 0.15) is 0 Å². The summed E-state index contributed by atoms with van der Waals surface area (Å²) < 4.78 is 6.06. The minimum absolute atomic E-state index is 0.140. The van der Waals surface area contributed by atoms with Gasteiger partial charge in [0.2, 0.25) is 0 Å². The average molecular weight is 370 g/mol. The summed E-state index contributed by atoms with van der Waals surface area (Å²) in [7, 11) is 0. The molecule has 2 aromatic carbocycles. The lowest BCUT2D eigenvalue weighted by atomic mass is 10.2. The maximum absolute atomic E-state index is 11.9. The van der Waals surface area contributed by atoms with E-state index in [1.165, 1.54) is 0 Å². The highest BCUT2D eigenvalue weighted by Crippen LogP contribution is 2.34. The fraction of sp³-hybridized carbons (Fsp3) is 0.133. The van der Waals surface area contributed by atoms with Crippen molar-refractivity contribution in [2.24, 2.45) is 0 Å². The zero-order valence-corrected chi connectivity index (χ0v) is 13.7. The molecule has 2 rings (SSSR count). The third kappa shape index (κ3) is 4.12. The molecule has 3 N–H and O–H groups in total. The number of ether oxygens (including phenoxy) is 1. The molecule has 0 unspecified atom stereocenters. The number of halogens is 2. The van der Waals surface area contributed by atoms with Crippen LogP contribution in [0.1, 0.15) is 5.56 Å². The van der Waals surface area contributed by atoms with Gasteiger partial charge in [-0.2, -0.15) is 0 Å². The largest absolute Gasteiger partial charge is 0.480 e. The lowest BCUT2D eigenvalue weighted by Gasteiger charge is -2.12. The maximum atomic E-state index is 11.9. The van der Waals surface area contributed by atoms with Crippen LogP contribution in [0, 0.1) is 6.92 Å². The van der Waals surface area contributed by atoms with Crippen LogP contribution in [-0.2, 0) is 4.79 Å². The van der Waals surface area contributed by atoms with Crippen molar-refractivity contribution in [3.8, 4) is 5.75 Å². The third-order valence-electron chi connectivity index (χ3n) is 2.80. The number of nitrogen functional groups attached to an aromatic ring is 1. The molecule has 0 aliphatic carbocycles. The highest BCUT2D eigenvalue weighted by molar-refractivity contribution is 9.10. The summed E-state index contributed by atoms with van der Waals surface area (Å²) in [5, 5.41) is 3.28. The van der Waals surface area contributed by atoms with E-state index in [9.17, 15) is 4.79 Å². The number of nitrogens with two attached hydrogens (primary N) is 1. The molecule has 0 heterocycles. The topological polar surface area (TPSA) is 64.3 Å². The summed E-state index contributed by atoms with van der Waals surface area (Å²) in [6, 6.07) is 10.8. The number of rotatable bonds is 4. The highest BCUT2D eigenvalue weighted by atomic mass is 79.9. The fourth-order valence-corrected chi connectivity index (χ4v) is 2.72. The van der Waals surface area contributed by atoms with E-state index in [1.807, 2.05) is 31.2 Å². The van der Waals surface area contributed by atoms with E-state index in [4.69, 9.17) is 22.1 Å². The van der Waals surface area contributed by atoms with Crippen LogP contribution in [0.2, 0.25) is 5.02 Å². The van der Waals surface area contributed by atoms with Crippen molar-refractivity contribution < 1.29 is 9.53 Å². The van der Waals surface area contributed by atoms with Crippen LogP contribution in [-0.4, -0.2) is 12.5 Å². The minimum Gasteiger partial charge on any atom is -0.480 e. The average Bonchev–Trinajstić information content (AvgIpc) is 2.40. The van der Waals surface area contributed by atoms with Gasteiger partial charge < -0.3 is 15.8 Å². The Balaban J connectivity index is 2.01. The Labute approximate surface area is 136 Å². The summed E-state index contributed by atoms with van der Waals surface area (Å²) in [5.41, 5.74) is 7.93. The molecular weight excluding hydrogens is 356 g/mol. The summed E-state index contributed by atoms with van der Waals surface area (Å²) in [6.45, 7) is 1.78. The van der Waals surface area contributed by atoms with Gasteiger partial charge in [0, 0.05) is 10.7 Å². The Kier molecular flexibility index (Phi) is 5.09. The second kappa shape index (κ2) is 6.83. The Bertz CT molecular complexity index is 653. The number of aryl methyl sites for hydroxylation is 1. The molecule has 1 amide bonds. The minimum atomic E-state index is -0.259. The van der Waals surface area contributed by atoms with Crippen LogP contribution in [0.15, 0.2) is 40.9 Å². The molecule has 0 aliphatic heterocycles. The van der Waals surface area contributed by atoms with Crippen molar-refractivity contribution in [1.29, 1.82) is 0 Å². The molecule has 0 atom stereocenters. The molecule has 0 fully saturated rings. The first-order chi connectivity index (χ1) is 9.97. The molecule has 21 heavy (non-hydrogen) atoms. The molecule has 110 valence electrons. The van der Waals surface area contributed by atoms with Crippen molar-refractivity contribution in [2.45, 2.75) is 6.92 Å². The summed E-state index contributed by atoms with van der Waals surface area (Å²) >= 11 is 9.17. The molecule has 0 saturated heterocycles. The van der Waals surface area contributed by atoms with E-state index >= 15 is 0 Å². The quantitative estimate of drug-likeness (QED) is 0.800. The van der Waals surface area contributed by atoms with Gasteiger partial charge in [0.15, 0.2) is 12.4 Å². The standard InChI is InChI=1S/C15H14BrClN2O2/c1-9-4-2-3-5-13(9)19-14(20)8-21-15-11(16)6-10(17)7-12(15)18/h2-7H,8,18H2,1H3,(H,19,20). The van der Waals surface area contributed by atoms with Crippen LogP contribution < -0.4 is 15.8 Å². The zero-order chi connectivity index (χ0) is 15.4. The van der Waals surface area contributed by atoms with Crippen molar-refractivity contribution in [2.75, 3.05) is 17.7 Å². The van der Waals surface area contributed by atoms with E-state index in [1.54, 1.807) is 12.1 Å². The van der Waals surface area contributed by atoms with Gasteiger partial charge in [-0.15, -0.1) is 0 Å². The number of amides is 1. The van der Waals surface area contributed by atoms with Crippen LogP contribution in [0.5, 0.6) is 5.75 Å². The monoisotopic (exact) mass is 368 g/mol. The number of hydrogen-bond donors (Lipinski definition) is 2. The highest BCUT2D eigenvalue weighted by Gasteiger charge is 2.11. The number of carbonyl (C=O) groups is 1. The Morgan fingerprint density at radius 1 is 1.38 bits per heavy atom. The maximum Gasteiger partial charge on any atom is 0.262 e. The molecular formula is C15H14BrClN2O2. The Morgan fingerprint density at radius 2 is 2.10 bits per heavy atom. The van der Waals surface area contributed by atoms with Crippen LogP contribution in [0.4, 0.5) is 11.4 Å². The molecule has 0 spiro atoms. The first-order valence-corrected chi connectivity index (χ1v) is 7.37. The second-order valence-corrected chi connectivity index (χ2v) is 5.75. The van der Waals surface area contributed by atoms with E-state index in [0.29, 0.717) is 20.9 Å². The fourth-order valence-electron chi connectivity index (χ4n) is 1.77. The van der Waals surface area contributed by atoms with Gasteiger partial charge in [-0.1, -0.05) is 29.8 Å². The molecule has 0 saturated carbocycles. The van der Waals surface area contributed by atoms with E-state index in [2.05, 4.69) is 21.2 Å². The summed E-state index contributed by atoms with van der Waals surface area (Å²) in [6.07, 6.45) is 0. The van der Waals surface area contributed by atoms with E-state index in [0.717, 1.165) is 11.3 Å². The molecule has 0 bridgehead atoms. The molecule has 2 aromatic rings. The van der Waals surface area contributed by atoms with Gasteiger partial charge in [-0.05, 0) is 46.6 Å². The molecule has 4 nitrogen and oxygen atoms in total. The van der Waals surface area contributed by atoms with Crippen molar-refractivity contribution in [3.05, 3.63) is 51.5 Å². The van der Waals surface area contributed by atoms with Gasteiger partial charge in [0.25, 0.3) is 5.91 Å². The number of hydrogen-bond acceptors (Lipinski definition) is 3.